The van der Waals surface area contributed by atoms with Gasteiger partial charge < -0.3 is 9.31 Å². The van der Waals surface area contributed by atoms with Crippen molar-refractivity contribution in [3.8, 4) is 0 Å². The first-order chi connectivity index (χ1) is 8.37. The molecule has 3 rings (SSSR count). The van der Waals surface area contributed by atoms with Gasteiger partial charge in [-0.3, -0.25) is 0 Å². The smallest absolute Gasteiger partial charge is 0.399 e. The fourth-order valence-electron chi connectivity index (χ4n) is 1.80. The Balaban J connectivity index is 1.73. The van der Waals surface area contributed by atoms with E-state index in [1.54, 1.807) is 11.9 Å². The van der Waals surface area contributed by atoms with Gasteiger partial charge in [-0.25, -0.2) is 4.09 Å². The van der Waals surface area contributed by atoms with Gasteiger partial charge in [0.25, 0.3) is 0 Å². The van der Waals surface area contributed by atoms with Crippen molar-refractivity contribution in [3.63, 3.8) is 0 Å². The number of aromatic nitrogens is 2. The summed E-state index contributed by atoms with van der Waals surface area (Å²) in [6.45, 7) is 8.26. The van der Waals surface area contributed by atoms with Crippen molar-refractivity contribution in [1.29, 1.82) is 0 Å². The molecule has 18 heavy (non-hydrogen) atoms. The molecule has 2 aliphatic rings. The van der Waals surface area contributed by atoms with E-state index in [-0.39, 0.29) is 18.3 Å². The number of nitrogens with zero attached hydrogens (tertiary/aromatic N) is 2. The molecule has 1 aliphatic heterocycles. The third-order valence-corrected chi connectivity index (χ3v) is 5.07. The SMILES string of the molecule is CC1(C)OB(c2cnn(SC3CC3)c2)OC1(C)C. The summed E-state index contributed by atoms with van der Waals surface area (Å²) in [7, 11) is -0.302. The van der Waals surface area contributed by atoms with Crippen molar-refractivity contribution in [3.05, 3.63) is 12.4 Å². The normalized spacial score (nSPS) is 25.7. The molecule has 2 heterocycles. The van der Waals surface area contributed by atoms with E-state index >= 15 is 0 Å². The lowest BCUT2D eigenvalue weighted by Gasteiger charge is -2.32. The molecular weight excluding hydrogens is 247 g/mol. The maximum absolute atomic E-state index is 6.00. The maximum atomic E-state index is 6.00. The van der Waals surface area contributed by atoms with E-state index in [0.29, 0.717) is 0 Å². The van der Waals surface area contributed by atoms with Crippen molar-refractivity contribution in [1.82, 2.24) is 9.19 Å². The summed E-state index contributed by atoms with van der Waals surface area (Å²) in [5.74, 6) is 0. The lowest BCUT2D eigenvalue weighted by atomic mass is 9.82. The minimum atomic E-state index is -0.302. The van der Waals surface area contributed by atoms with Crippen molar-refractivity contribution in [2.24, 2.45) is 0 Å². The summed E-state index contributed by atoms with van der Waals surface area (Å²) < 4.78 is 13.9. The molecule has 6 heteroatoms. The molecule has 0 unspecified atom stereocenters. The Kier molecular flexibility index (Phi) is 2.81. The van der Waals surface area contributed by atoms with Crippen LogP contribution in [0.4, 0.5) is 0 Å². The third kappa shape index (κ3) is 2.21. The van der Waals surface area contributed by atoms with Gasteiger partial charge in [-0.1, -0.05) is 0 Å². The lowest BCUT2D eigenvalue weighted by molar-refractivity contribution is 0.00578. The number of hydrogen-bond acceptors (Lipinski definition) is 4. The first-order valence-electron chi connectivity index (χ1n) is 6.45. The van der Waals surface area contributed by atoms with E-state index in [1.807, 2.05) is 16.5 Å². The Morgan fingerprint density at radius 2 is 1.89 bits per heavy atom. The molecule has 0 amide bonds. The van der Waals surface area contributed by atoms with Gasteiger partial charge in [0, 0.05) is 23.1 Å². The highest BCUT2D eigenvalue weighted by molar-refractivity contribution is 7.98. The first kappa shape index (κ1) is 12.6. The predicted molar refractivity (Wildman–Crippen MR) is 74.0 cm³/mol. The topological polar surface area (TPSA) is 36.3 Å². The summed E-state index contributed by atoms with van der Waals surface area (Å²) in [6.07, 6.45) is 6.47. The highest BCUT2D eigenvalue weighted by Crippen LogP contribution is 2.37. The lowest BCUT2D eigenvalue weighted by Crippen LogP contribution is -2.41. The molecular formula is C12H19BN2O2S. The Hall–Kier alpha value is -0.455. The Labute approximate surface area is 113 Å². The summed E-state index contributed by atoms with van der Waals surface area (Å²) in [4.78, 5) is 0. The average Bonchev–Trinajstić information content (AvgIpc) is 2.86. The summed E-state index contributed by atoms with van der Waals surface area (Å²) >= 11 is 1.78. The quantitative estimate of drug-likeness (QED) is 0.782. The van der Waals surface area contributed by atoms with Crippen LogP contribution < -0.4 is 5.46 Å². The van der Waals surface area contributed by atoms with Gasteiger partial charge in [0.1, 0.15) is 0 Å². The molecule has 1 saturated heterocycles. The standard InChI is InChI=1S/C12H19BN2O2S/c1-11(2)12(3,4)17-13(16-11)9-7-14-15(8-9)18-10-5-6-10/h7-8,10H,5-6H2,1-4H3. The Morgan fingerprint density at radius 1 is 1.28 bits per heavy atom. The second-order valence-corrected chi connectivity index (χ2v) is 7.32. The van der Waals surface area contributed by atoms with Gasteiger partial charge in [-0.05, 0) is 52.5 Å². The molecule has 0 bridgehead atoms. The monoisotopic (exact) mass is 266 g/mol. The van der Waals surface area contributed by atoms with E-state index < -0.39 is 0 Å². The van der Waals surface area contributed by atoms with E-state index in [4.69, 9.17) is 9.31 Å². The van der Waals surface area contributed by atoms with Crippen LogP contribution >= 0.6 is 11.9 Å². The minimum Gasteiger partial charge on any atom is -0.399 e. The van der Waals surface area contributed by atoms with Gasteiger partial charge >= 0.3 is 7.12 Å². The molecule has 0 spiro atoms. The molecule has 0 N–H and O–H groups in total. The van der Waals surface area contributed by atoms with Crippen LogP contribution in [0.1, 0.15) is 40.5 Å². The van der Waals surface area contributed by atoms with Crippen molar-refractivity contribution in [2.45, 2.75) is 57.0 Å². The first-order valence-corrected chi connectivity index (χ1v) is 7.28. The molecule has 1 aromatic heterocycles. The van der Waals surface area contributed by atoms with E-state index in [1.165, 1.54) is 12.8 Å². The van der Waals surface area contributed by atoms with Gasteiger partial charge in [-0.2, -0.15) is 5.10 Å². The average molecular weight is 266 g/mol. The van der Waals surface area contributed by atoms with E-state index in [9.17, 15) is 0 Å². The third-order valence-electron chi connectivity index (χ3n) is 3.89. The molecule has 2 fully saturated rings. The van der Waals surface area contributed by atoms with Gasteiger partial charge in [-0.15, -0.1) is 0 Å². The van der Waals surface area contributed by atoms with Gasteiger partial charge in [0.05, 0.1) is 11.2 Å². The van der Waals surface area contributed by atoms with Crippen molar-refractivity contribution in [2.75, 3.05) is 0 Å². The van der Waals surface area contributed by atoms with Crippen LogP contribution in [-0.2, 0) is 9.31 Å². The number of hydrogen-bond donors (Lipinski definition) is 0. The summed E-state index contributed by atoms with van der Waals surface area (Å²) in [6, 6.07) is 0. The minimum absolute atomic E-state index is 0.288. The highest BCUT2D eigenvalue weighted by atomic mass is 32.2. The number of rotatable bonds is 3. The Morgan fingerprint density at radius 3 is 2.44 bits per heavy atom. The zero-order valence-electron chi connectivity index (χ0n) is 11.3. The molecule has 1 saturated carbocycles. The van der Waals surface area contributed by atoms with Crippen LogP contribution in [0.3, 0.4) is 0 Å². The molecule has 4 nitrogen and oxygen atoms in total. The maximum Gasteiger partial charge on any atom is 0.498 e. The van der Waals surface area contributed by atoms with Crippen molar-refractivity contribution < 1.29 is 9.31 Å². The van der Waals surface area contributed by atoms with Gasteiger partial charge in [0.15, 0.2) is 0 Å². The fourth-order valence-corrected chi connectivity index (χ4v) is 2.74. The fraction of sp³-hybridized carbons (Fsp3) is 0.750. The van der Waals surface area contributed by atoms with Crippen LogP contribution in [0.2, 0.25) is 0 Å². The molecule has 0 atom stereocenters. The molecule has 1 aliphatic carbocycles. The highest BCUT2D eigenvalue weighted by Gasteiger charge is 2.52. The van der Waals surface area contributed by atoms with Crippen LogP contribution in [0, 0.1) is 0 Å². The van der Waals surface area contributed by atoms with Crippen LogP contribution in [-0.4, -0.2) is 32.8 Å². The second kappa shape index (κ2) is 4.02. The van der Waals surface area contributed by atoms with E-state index in [0.717, 1.165) is 10.7 Å². The van der Waals surface area contributed by atoms with Crippen molar-refractivity contribution >= 4 is 24.5 Å². The summed E-state index contributed by atoms with van der Waals surface area (Å²) in [5, 5.41) is 5.10. The summed E-state index contributed by atoms with van der Waals surface area (Å²) in [5.41, 5.74) is 0.425. The Bertz CT molecular complexity index is 441. The zero-order valence-corrected chi connectivity index (χ0v) is 12.2. The zero-order chi connectivity index (χ0) is 13.0. The second-order valence-electron chi connectivity index (χ2n) is 6.07. The van der Waals surface area contributed by atoms with E-state index in [2.05, 4.69) is 32.8 Å². The molecule has 1 aromatic rings. The van der Waals surface area contributed by atoms with Gasteiger partial charge in [0.2, 0.25) is 0 Å². The van der Waals surface area contributed by atoms with Crippen LogP contribution in [0.15, 0.2) is 12.4 Å². The largest absolute Gasteiger partial charge is 0.498 e. The predicted octanol–water partition coefficient (Wildman–Crippen LogP) is 1.84. The van der Waals surface area contributed by atoms with Crippen LogP contribution in [0.5, 0.6) is 0 Å². The van der Waals surface area contributed by atoms with Crippen LogP contribution in [0.25, 0.3) is 0 Å². The molecule has 0 aromatic carbocycles. The molecule has 0 radical (unpaired) electrons. The molecule has 98 valence electrons.